The van der Waals surface area contributed by atoms with Crippen LogP contribution in [-0.4, -0.2) is 22.1 Å². The molecule has 1 unspecified atom stereocenters. The van der Waals surface area contributed by atoms with Gasteiger partial charge in [-0.05, 0) is 32.4 Å². The van der Waals surface area contributed by atoms with Crippen LogP contribution in [0.15, 0.2) is 22.8 Å². The summed E-state index contributed by atoms with van der Waals surface area (Å²) in [5, 5.41) is 12.8. The molecule has 0 saturated heterocycles. The van der Waals surface area contributed by atoms with Crippen molar-refractivity contribution in [3.8, 4) is 0 Å². The first kappa shape index (κ1) is 13.6. The molecule has 0 aromatic carbocycles. The van der Waals surface area contributed by atoms with Gasteiger partial charge >= 0.3 is 5.97 Å². The topological polar surface area (TPSA) is 75.4 Å². The Bertz CT molecular complexity index is 548. The van der Waals surface area contributed by atoms with Crippen LogP contribution < -0.4 is 5.32 Å². The number of hydrogen-bond donors (Lipinski definition) is 2. The van der Waals surface area contributed by atoms with Gasteiger partial charge in [-0.3, -0.25) is 0 Å². The lowest BCUT2D eigenvalue weighted by Crippen LogP contribution is -2.15. The van der Waals surface area contributed by atoms with Crippen molar-refractivity contribution in [2.24, 2.45) is 0 Å². The Morgan fingerprint density at radius 3 is 3.00 bits per heavy atom. The van der Waals surface area contributed by atoms with Gasteiger partial charge in [-0.15, -0.1) is 11.3 Å². The number of carboxylic acid groups (broad SMARTS) is 1. The van der Waals surface area contributed by atoms with E-state index in [1.807, 2.05) is 19.1 Å². The van der Waals surface area contributed by atoms with Crippen LogP contribution in [0.25, 0.3) is 0 Å². The number of hydrogen-bond acceptors (Lipinski definition) is 5. The van der Waals surface area contributed by atoms with Crippen molar-refractivity contribution >= 4 is 22.4 Å². The van der Waals surface area contributed by atoms with Crippen molar-refractivity contribution < 1.29 is 14.3 Å². The van der Waals surface area contributed by atoms with Crippen LogP contribution in [-0.2, 0) is 6.42 Å². The molecule has 0 saturated carbocycles. The smallest absolute Gasteiger partial charge is 0.355 e. The molecule has 2 aromatic rings. The third-order valence-electron chi connectivity index (χ3n) is 2.77. The molecule has 1 atom stereocenters. The second-order valence-corrected chi connectivity index (χ2v) is 5.60. The maximum atomic E-state index is 10.9. The fraction of sp³-hybridized carbons (Fsp3) is 0.385. The number of carbonyl (C=O) groups is 1. The summed E-state index contributed by atoms with van der Waals surface area (Å²) in [6.07, 6.45) is 3.41. The summed E-state index contributed by atoms with van der Waals surface area (Å²) in [4.78, 5) is 15.7. The molecule has 0 aliphatic carbocycles. The summed E-state index contributed by atoms with van der Waals surface area (Å²) in [5.41, 5.74) is 0.130. The fourth-order valence-electron chi connectivity index (χ4n) is 1.75. The molecule has 0 fully saturated rings. The van der Waals surface area contributed by atoms with Gasteiger partial charge in [-0.1, -0.05) is 0 Å². The van der Waals surface area contributed by atoms with Crippen molar-refractivity contribution in [2.75, 3.05) is 5.32 Å². The quantitative estimate of drug-likeness (QED) is 0.850. The lowest BCUT2D eigenvalue weighted by molar-refractivity contribution is 0.0690. The SMILES string of the molecule is Cc1sc(NC(C)CCc2ccco2)nc1C(=O)O. The molecule has 102 valence electrons. The first-order valence-electron chi connectivity index (χ1n) is 6.06. The Kier molecular flexibility index (Phi) is 4.21. The predicted octanol–water partition coefficient (Wildman–Crippen LogP) is 3.18. The maximum Gasteiger partial charge on any atom is 0.355 e. The molecule has 0 radical (unpaired) electrons. The molecular weight excluding hydrogens is 264 g/mol. The van der Waals surface area contributed by atoms with E-state index in [0.717, 1.165) is 18.6 Å². The van der Waals surface area contributed by atoms with Gasteiger partial charge in [0.1, 0.15) is 5.76 Å². The summed E-state index contributed by atoms with van der Waals surface area (Å²) >= 11 is 1.37. The summed E-state index contributed by atoms with van der Waals surface area (Å²) in [6.45, 7) is 3.81. The molecule has 19 heavy (non-hydrogen) atoms. The Hall–Kier alpha value is -1.82. The second-order valence-electron chi connectivity index (χ2n) is 4.39. The number of furan rings is 1. The van der Waals surface area contributed by atoms with E-state index >= 15 is 0 Å². The van der Waals surface area contributed by atoms with Crippen molar-refractivity contribution in [3.05, 3.63) is 34.7 Å². The van der Waals surface area contributed by atoms with Gasteiger partial charge in [0.25, 0.3) is 0 Å². The van der Waals surface area contributed by atoms with E-state index < -0.39 is 5.97 Å². The van der Waals surface area contributed by atoms with E-state index in [4.69, 9.17) is 9.52 Å². The Morgan fingerprint density at radius 1 is 1.63 bits per heavy atom. The Balaban J connectivity index is 1.89. The molecule has 0 bridgehead atoms. The maximum absolute atomic E-state index is 10.9. The minimum atomic E-state index is -0.981. The third kappa shape index (κ3) is 3.57. The zero-order valence-electron chi connectivity index (χ0n) is 10.8. The highest BCUT2D eigenvalue weighted by Gasteiger charge is 2.15. The average Bonchev–Trinajstić information content (AvgIpc) is 2.96. The van der Waals surface area contributed by atoms with Gasteiger partial charge in [-0.25, -0.2) is 9.78 Å². The predicted molar refractivity (Wildman–Crippen MR) is 73.9 cm³/mol. The molecule has 2 heterocycles. The summed E-state index contributed by atoms with van der Waals surface area (Å²) in [5.74, 6) is -0.0276. The second kappa shape index (κ2) is 5.88. The first-order valence-corrected chi connectivity index (χ1v) is 6.87. The van der Waals surface area contributed by atoms with E-state index in [1.165, 1.54) is 11.3 Å². The molecule has 6 heteroatoms. The monoisotopic (exact) mass is 280 g/mol. The molecular formula is C13H16N2O3S. The molecule has 0 aliphatic heterocycles. The van der Waals surface area contributed by atoms with Crippen LogP contribution in [0.5, 0.6) is 0 Å². The van der Waals surface area contributed by atoms with Gasteiger partial charge < -0.3 is 14.8 Å². The molecule has 5 nitrogen and oxygen atoms in total. The minimum absolute atomic E-state index is 0.130. The van der Waals surface area contributed by atoms with Gasteiger partial charge in [-0.2, -0.15) is 0 Å². The third-order valence-corrected chi connectivity index (χ3v) is 3.67. The number of aromatic nitrogens is 1. The minimum Gasteiger partial charge on any atom is -0.476 e. The number of aryl methyl sites for hydroxylation is 2. The number of carboxylic acids is 1. The molecule has 2 N–H and O–H groups in total. The average molecular weight is 280 g/mol. The highest BCUT2D eigenvalue weighted by Crippen LogP contribution is 2.23. The highest BCUT2D eigenvalue weighted by atomic mass is 32.1. The van der Waals surface area contributed by atoms with E-state index in [2.05, 4.69) is 10.3 Å². The van der Waals surface area contributed by atoms with Crippen molar-refractivity contribution in [1.29, 1.82) is 0 Å². The molecule has 0 spiro atoms. The van der Waals surface area contributed by atoms with Crippen LogP contribution >= 0.6 is 11.3 Å². The van der Waals surface area contributed by atoms with Crippen molar-refractivity contribution in [1.82, 2.24) is 4.98 Å². The lowest BCUT2D eigenvalue weighted by Gasteiger charge is -2.11. The van der Waals surface area contributed by atoms with Gasteiger partial charge in [0.2, 0.25) is 0 Å². The van der Waals surface area contributed by atoms with Crippen LogP contribution in [0.4, 0.5) is 5.13 Å². The summed E-state index contributed by atoms with van der Waals surface area (Å²) in [6, 6.07) is 4.02. The normalized spacial score (nSPS) is 12.3. The van der Waals surface area contributed by atoms with Crippen LogP contribution in [0, 0.1) is 6.92 Å². The van der Waals surface area contributed by atoms with E-state index in [1.54, 1.807) is 13.2 Å². The zero-order chi connectivity index (χ0) is 13.8. The van der Waals surface area contributed by atoms with Crippen molar-refractivity contribution in [3.63, 3.8) is 0 Å². The number of aromatic carboxylic acids is 1. The summed E-state index contributed by atoms with van der Waals surface area (Å²) in [7, 11) is 0. The van der Waals surface area contributed by atoms with Gasteiger partial charge in [0.15, 0.2) is 10.8 Å². The lowest BCUT2D eigenvalue weighted by atomic mass is 10.1. The van der Waals surface area contributed by atoms with Crippen LogP contribution in [0.2, 0.25) is 0 Å². The number of anilines is 1. The number of rotatable bonds is 6. The van der Waals surface area contributed by atoms with Crippen LogP contribution in [0.3, 0.4) is 0 Å². The van der Waals surface area contributed by atoms with E-state index in [9.17, 15) is 4.79 Å². The molecule has 2 rings (SSSR count). The highest BCUT2D eigenvalue weighted by molar-refractivity contribution is 7.15. The van der Waals surface area contributed by atoms with Gasteiger partial charge in [0.05, 0.1) is 6.26 Å². The largest absolute Gasteiger partial charge is 0.476 e. The Labute approximate surface area is 115 Å². The number of thiazole rings is 1. The summed E-state index contributed by atoms with van der Waals surface area (Å²) < 4.78 is 5.27. The molecule has 0 amide bonds. The van der Waals surface area contributed by atoms with Crippen LogP contribution in [0.1, 0.15) is 34.5 Å². The van der Waals surface area contributed by atoms with E-state index in [-0.39, 0.29) is 11.7 Å². The Morgan fingerprint density at radius 2 is 2.42 bits per heavy atom. The van der Waals surface area contributed by atoms with Gasteiger partial charge in [0, 0.05) is 17.3 Å². The number of nitrogens with one attached hydrogen (secondary N) is 1. The first-order chi connectivity index (χ1) is 9.06. The molecule has 2 aromatic heterocycles. The van der Waals surface area contributed by atoms with E-state index in [0.29, 0.717) is 10.0 Å². The zero-order valence-corrected chi connectivity index (χ0v) is 11.7. The van der Waals surface area contributed by atoms with Crippen molar-refractivity contribution in [2.45, 2.75) is 32.7 Å². The number of nitrogens with zero attached hydrogens (tertiary/aromatic N) is 1. The standard InChI is InChI=1S/C13H16N2O3S/c1-8(5-6-10-4-3-7-18-10)14-13-15-11(12(16)17)9(2)19-13/h3-4,7-8H,5-6H2,1-2H3,(H,14,15)(H,16,17). The fourth-order valence-corrected chi connectivity index (χ4v) is 2.67. The molecule has 0 aliphatic rings.